The van der Waals surface area contributed by atoms with Crippen LogP contribution in [0.25, 0.3) is 0 Å². The molecule has 1 amide bonds. The van der Waals surface area contributed by atoms with Gasteiger partial charge in [0.2, 0.25) is 5.91 Å². The van der Waals surface area contributed by atoms with Crippen molar-refractivity contribution in [1.29, 1.82) is 0 Å². The number of rotatable bonds is 7. The summed E-state index contributed by atoms with van der Waals surface area (Å²) in [5, 5.41) is 2.93. The van der Waals surface area contributed by atoms with Gasteiger partial charge in [0.15, 0.2) is 0 Å². The van der Waals surface area contributed by atoms with E-state index in [-0.39, 0.29) is 5.91 Å². The standard InChI is InChI=1S/C11H18N2OS2/c1-3-15-7-5-11(14)12-6-4-10-9(2)13-8-16-10/h8H,3-7H2,1-2H3,(H,12,14). The van der Waals surface area contributed by atoms with Gasteiger partial charge in [0, 0.05) is 30.0 Å². The fourth-order valence-corrected chi connectivity index (χ4v) is 2.68. The molecular formula is C11H18N2OS2. The topological polar surface area (TPSA) is 42.0 Å². The highest BCUT2D eigenvalue weighted by Gasteiger charge is 2.03. The molecule has 1 N–H and O–H groups in total. The molecule has 1 aromatic heterocycles. The molecule has 0 atom stereocenters. The maximum Gasteiger partial charge on any atom is 0.220 e. The molecule has 0 unspecified atom stereocenters. The van der Waals surface area contributed by atoms with Gasteiger partial charge in [-0.3, -0.25) is 4.79 Å². The van der Waals surface area contributed by atoms with E-state index in [4.69, 9.17) is 0 Å². The zero-order valence-corrected chi connectivity index (χ0v) is 11.4. The third kappa shape index (κ3) is 4.99. The molecule has 0 fully saturated rings. The van der Waals surface area contributed by atoms with Gasteiger partial charge in [-0.1, -0.05) is 6.92 Å². The lowest BCUT2D eigenvalue weighted by molar-refractivity contribution is -0.120. The summed E-state index contributed by atoms with van der Waals surface area (Å²) in [7, 11) is 0. The summed E-state index contributed by atoms with van der Waals surface area (Å²) >= 11 is 3.46. The summed E-state index contributed by atoms with van der Waals surface area (Å²) in [6, 6.07) is 0. The number of amides is 1. The second kappa shape index (κ2) is 7.68. The zero-order chi connectivity index (χ0) is 11.8. The molecule has 16 heavy (non-hydrogen) atoms. The van der Waals surface area contributed by atoms with Crippen molar-refractivity contribution in [2.45, 2.75) is 26.7 Å². The average molecular weight is 258 g/mol. The summed E-state index contributed by atoms with van der Waals surface area (Å²) in [6.45, 7) is 4.83. The Morgan fingerprint density at radius 1 is 1.62 bits per heavy atom. The van der Waals surface area contributed by atoms with Gasteiger partial charge in [-0.25, -0.2) is 4.98 Å². The monoisotopic (exact) mass is 258 g/mol. The number of thioether (sulfide) groups is 1. The van der Waals surface area contributed by atoms with Crippen LogP contribution in [0.2, 0.25) is 0 Å². The SMILES string of the molecule is CCSCCC(=O)NCCc1scnc1C. The summed E-state index contributed by atoms with van der Waals surface area (Å²) in [5.74, 6) is 2.15. The fourth-order valence-electron chi connectivity index (χ4n) is 1.28. The van der Waals surface area contributed by atoms with Crippen LogP contribution in [0.15, 0.2) is 5.51 Å². The Kier molecular flexibility index (Phi) is 6.49. The normalized spacial score (nSPS) is 10.4. The molecule has 90 valence electrons. The molecule has 1 heterocycles. The molecule has 5 heteroatoms. The van der Waals surface area contributed by atoms with Crippen LogP contribution < -0.4 is 5.32 Å². The number of carbonyl (C=O) groups excluding carboxylic acids is 1. The number of nitrogens with zero attached hydrogens (tertiary/aromatic N) is 1. The van der Waals surface area contributed by atoms with Gasteiger partial charge in [-0.2, -0.15) is 11.8 Å². The first-order valence-electron chi connectivity index (χ1n) is 5.47. The van der Waals surface area contributed by atoms with E-state index >= 15 is 0 Å². The molecule has 0 radical (unpaired) electrons. The molecule has 0 saturated heterocycles. The predicted octanol–water partition coefficient (Wildman–Crippen LogP) is 2.25. The van der Waals surface area contributed by atoms with Crippen LogP contribution in [0.3, 0.4) is 0 Å². The molecule has 1 aromatic rings. The van der Waals surface area contributed by atoms with E-state index in [2.05, 4.69) is 17.2 Å². The van der Waals surface area contributed by atoms with Gasteiger partial charge >= 0.3 is 0 Å². The van der Waals surface area contributed by atoms with Crippen LogP contribution in [0.5, 0.6) is 0 Å². The average Bonchev–Trinajstić information content (AvgIpc) is 2.65. The Morgan fingerprint density at radius 2 is 2.44 bits per heavy atom. The molecule has 1 rings (SSSR count). The number of thiazole rings is 1. The number of nitrogens with one attached hydrogen (secondary N) is 1. The summed E-state index contributed by atoms with van der Waals surface area (Å²) in [4.78, 5) is 16.8. The van der Waals surface area contributed by atoms with Crippen molar-refractivity contribution in [3.05, 3.63) is 16.1 Å². The highest BCUT2D eigenvalue weighted by molar-refractivity contribution is 7.99. The maximum absolute atomic E-state index is 11.4. The number of aromatic nitrogens is 1. The van der Waals surface area contributed by atoms with E-state index in [0.717, 1.165) is 30.2 Å². The molecule has 0 aliphatic heterocycles. The zero-order valence-electron chi connectivity index (χ0n) is 9.78. The first-order chi connectivity index (χ1) is 7.74. The predicted molar refractivity (Wildman–Crippen MR) is 71.2 cm³/mol. The van der Waals surface area contributed by atoms with Gasteiger partial charge in [-0.15, -0.1) is 11.3 Å². The number of hydrogen-bond acceptors (Lipinski definition) is 4. The van der Waals surface area contributed by atoms with Crippen LogP contribution in [-0.4, -0.2) is 28.9 Å². The summed E-state index contributed by atoms with van der Waals surface area (Å²) in [5.41, 5.74) is 2.94. The van der Waals surface area contributed by atoms with Crippen molar-refractivity contribution in [2.24, 2.45) is 0 Å². The van der Waals surface area contributed by atoms with E-state index in [9.17, 15) is 4.79 Å². The van der Waals surface area contributed by atoms with Crippen LogP contribution in [-0.2, 0) is 11.2 Å². The smallest absolute Gasteiger partial charge is 0.220 e. The van der Waals surface area contributed by atoms with E-state index in [1.54, 1.807) is 23.1 Å². The molecule has 0 aromatic carbocycles. The van der Waals surface area contributed by atoms with Crippen molar-refractivity contribution in [3.63, 3.8) is 0 Å². The Labute approximate surface area is 105 Å². The van der Waals surface area contributed by atoms with Crippen LogP contribution in [0.4, 0.5) is 0 Å². The Bertz CT molecular complexity index is 326. The first kappa shape index (κ1) is 13.5. The van der Waals surface area contributed by atoms with Crippen molar-refractivity contribution in [3.8, 4) is 0 Å². The number of carbonyl (C=O) groups is 1. The van der Waals surface area contributed by atoms with Crippen molar-refractivity contribution < 1.29 is 4.79 Å². The Hall–Kier alpha value is -0.550. The van der Waals surface area contributed by atoms with E-state index < -0.39 is 0 Å². The molecule has 0 aliphatic carbocycles. The molecule has 0 saturated carbocycles. The minimum Gasteiger partial charge on any atom is -0.356 e. The summed E-state index contributed by atoms with van der Waals surface area (Å²) in [6.07, 6.45) is 1.52. The molecule has 0 aliphatic rings. The fraction of sp³-hybridized carbons (Fsp3) is 0.636. The highest BCUT2D eigenvalue weighted by Crippen LogP contribution is 2.11. The summed E-state index contributed by atoms with van der Waals surface area (Å²) < 4.78 is 0. The maximum atomic E-state index is 11.4. The first-order valence-corrected chi connectivity index (χ1v) is 7.51. The van der Waals surface area contributed by atoms with Gasteiger partial charge in [0.1, 0.15) is 0 Å². The van der Waals surface area contributed by atoms with Gasteiger partial charge in [-0.05, 0) is 12.7 Å². The third-order valence-electron chi connectivity index (χ3n) is 2.20. The highest BCUT2D eigenvalue weighted by atomic mass is 32.2. The van der Waals surface area contributed by atoms with Crippen LogP contribution >= 0.6 is 23.1 Å². The minimum absolute atomic E-state index is 0.156. The van der Waals surface area contributed by atoms with Crippen LogP contribution in [0, 0.1) is 6.92 Å². The second-order valence-electron chi connectivity index (χ2n) is 3.41. The Morgan fingerprint density at radius 3 is 3.06 bits per heavy atom. The van der Waals surface area contributed by atoms with Crippen molar-refractivity contribution in [2.75, 3.05) is 18.1 Å². The lowest BCUT2D eigenvalue weighted by atomic mass is 10.3. The van der Waals surface area contributed by atoms with Crippen molar-refractivity contribution in [1.82, 2.24) is 10.3 Å². The lowest BCUT2D eigenvalue weighted by Crippen LogP contribution is -2.25. The molecule has 0 bridgehead atoms. The molecule has 3 nitrogen and oxygen atoms in total. The van der Waals surface area contributed by atoms with Gasteiger partial charge in [0.25, 0.3) is 0 Å². The molecule has 0 spiro atoms. The van der Waals surface area contributed by atoms with E-state index in [1.807, 2.05) is 12.4 Å². The third-order valence-corrected chi connectivity index (χ3v) is 4.09. The van der Waals surface area contributed by atoms with Crippen molar-refractivity contribution >= 4 is 29.0 Å². The minimum atomic E-state index is 0.156. The van der Waals surface area contributed by atoms with Crippen LogP contribution in [0.1, 0.15) is 23.9 Å². The van der Waals surface area contributed by atoms with Gasteiger partial charge < -0.3 is 5.32 Å². The quantitative estimate of drug-likeness (QED) is 0.763. The number of aryl methyl sites for hydroxylation is 1. The largest absolute Gasteiger partial charge is 0.356 e. The number of hydrogen-bond donors (Lipinski definition) is 1. The van der Waals surface area contributed by atoms with E-state index in [0.29, 0.717) is 6.42 Å². The van der Waals surface area contributed by atoms with Gasteiger partial charge in [0.05, 0.1) is 11.2 Å². The lowest BCUT2D eigenvalue weighted by Gasteiger charge is -2.04. The molecular weight excluding hydrogens is 240 g/mol. The second-order valence-corrected chi connectivity index (χ2v) is 5.74. The Balaban J connectivity index is 2.11. The van der Waals surface area contributed by atoms with E-state index in [1.165, 1.54) is 4.88 Å².